The first-order chi connectivity index (χ1) is 6.58. The van der Waals surface area contributed by atoms with Gasteiger partial charge < -0.3 is 4.74 Å². The lowest BCUT2D eigenvalue weighted by molar-refractivity contribution is -0.135. The molecule has 1 aromatic rings. The van der Waals surface area contributed by atoms with Crippen LogP contribution in [0.3, 0.4) is 0 Å². The number of cyclic esters (lactones) is 1. The Balaban J connectivity index is 2.42. The zero-order valence-electron chi connectivity index (χ0n) is 7.04. The topological polar surface area (TPSA) is 26.3 Å². The zero-order valence-corrected chi connectivity index (χ0v) is 10.2. The summed E-state index contributed by atoms with van der Waals surface area (Å²) in [6.07, 6.45) is 1.70. The summed E-state index contributed by atoms with van der Waals surface area (Å²) in [7, 11) is 0. The van der Waals surface area contributed by atoms with E-state index in [2.05, 4.69) is 31.9 Å². The van der Waals surface area contributed by atoms with Gasteiger partial charge in [-0.2, -0.15) is 0 Å². The van der Waals surface area contributed by atoms with Gasteiger partial charge in [-0.25, -0.2) is 4.79 Å². The first kappa shape index (κ1) is 9.93. The third-order valence-electron chi connectivity index (χ3n) is 1.85. The second-order valence-corrected chi connectivity index (χ2v) is 6.30. The molecule has 2 nitrogen and oxygen atoms in total. The molecule has 1 heterocycles. The van der Waals surface area contributed by atoms with Crippen molar-refractivity contribution in [2.75, 3.05) is 0 Å². The van der Waals surface area contributed by atoms with Crippen molar-refractivity contribution in [3.63, 3.8) is 0 Å². The van der Waals surface area contributed by atoms with Gasteiger partial charge in [0.1, 0.15) is 0 Å². The summed E-state index contributed by atoms with van der Waals surface area (Å²) < 4.78 is 4.17. The fourth-order valence-corrected chi connectivity index (χ4v) is 2.01. The van der Waals surface area contributed by atoms with Gasteiger partial charge in [-0.05, 0) is 43.5 Å². The maximum atomic E-state index is 11.4. The second kappa shape index (κ2) is 3.51. The van der Waals surface area contributed by atoms with E-state index in [9.17, 15) is 4.79 Å². The number of carbonyl (C=O) groups is 1. The van der Waals surface area contributed by atoms with Crippen molar-refractivity contribution >= 4 is 43.4 Å². The number of carbonyl (C=O) groups excluding carboxylic acids is 1. The summed E-state index contributed by atoms with van der Waals surface area (Å²) in [5.41, 5.74) is 1.43. The van der Waals surface area contributed by atoms with E-state index < -0.39 is 3.42 Å². The fraction of sp³-hybridized carbons (Fsp3) is 0.100. The average Bonchev–Trinajstić information content (AvgIpc) is 2.41. The molecule has 1 aliphatic heterocycles. The van der Waals surface area contributed by atoms with Gasteiger partial charge in [-0.1, -0.05) is 30.3 Å². The minimum atomic E-state index is -0.845. The van der Waals surface area contributed by atoms with Gasteiger partial charge in [0.25, 0.3) is 0 Å². The molecule has 0 aromatic heterocycles. The third-order valence-corrected chi connectivity index (χ3v) is 2.63. The Bertz CT molecular complexity index is 396. The van der Waals surface area contributed by atoms with Crippen LogP contribution in [0.1, 0.15) is 5.56 Å². The summed E-state index contributed by atoms with van der Waals surface area (Å²) in [6, 6.07) is 9.40. The number of alkyl halides is 2. The molecule has 0 amide bonds. The van der Waals surface area contributed by atoms with Crippen molar-refractivity contribution < 1.29 is 9.53 Å². The summed E-state index contributed by atoms with van der Waals surface area (Å²) >= 11 is 6.44. The van der Waals surface area contributed by atoms with E-state index in [1.807, 2.05) is 30.3 Å². The quantitative estimate of drug-likeness (QED) is 0.588. The van der Waals surface area contributed by atoms with Gasteiger partial charge in [0, 0.05) is 0 Å². The molecule has 0 aliphatic carbocycles. The van der Waals surface area contributed by atoms with Crippen LogP contribution in [0.25, 0.3) is 5.57 Å². The van der Waals surface area contributed by atoms with Crippen molar-refractivity contribution in [2.24, 2.45) is 0 Å². The van der Waals surface area contributed by atoms with E-state index in [4.69, 9.17) is 4.74 Å². The molecule has 0 atom stereocenters. The molecule has 0 bridgehead atoms. The molecule has 14 heavy (non-hydrogen) atoms. The van der Waals surface area contributed by atoms with Crippen LogP contribution in [0.15, 0.2) is 36.4 Å². The summed E-state index contributed by atoms with van der Waals surface area (Å²) in [4.78, 5) is 11.4. The third kappa shape index (κ3) is 1.91. The molecule has 0 saturated carbocycles. The Morgan fingerprint density at radius 3 is 2.29 bits per heavy atom. The highest BCUT2D eigenvalue weighted by atomic mass is 79.9. The molecule has 0 fully saturated rings. The molecule has 2 rings (SSSR count). The van der Waals surface area contributed by atoms with Crippen LogP contribution < -0.4 is 0 Å². The Kier molecular flexibility index (Phi) is 2.49. The largest absolute Gasteiger partial charge is 0.430 e. The molecule has 0 N–H and O–H groups in total. The summed E-state index contributed by atoms with van der Waals surface area (Å²) in [5.74, 6) is -0.329. The smallest absolute Gasteiger partial charge is 0.340 e. The molecule has 0 unspecified atom stereocenters. The maximum absolute atomic E-state index is 11.4. The lowest BCUT2D eigenvalue weighted by atomic mass is 10.1. The van der Waals surface area contributed by atoms with Gasteiger partial charge in [-0.15, -0.1) is 0 Å². The van der Waals surface area contributed by atoms with Crippen molar-refractivity contribution in [1.29, 1.82) is 0 Å². The van der Waals surface area contributed by atoms with Crippen LogP contribution in [-0.2, 0) is 9.53 Å². The van der Waals surface area contributed by atoms with Crippen LogP contribution in [0.2, 0.25) is 0 Å². The molecular formula is C10H6Br2O2. The van der Waals surface area contributed by atoms with Crippen LogP contribution in [0, 0.1) is 0 Å². The van der Waals surface area contributed by atoms with Gasteiger partial charge in [0.05, 0.1) is 5.57 Å². The minimum absolute atomic E-state index is 0.329. The highest BCUT2D eigenvalue weighted by Crippen LogP contribution is 2.39. The summed E-state index contributed by atoms with van der Waals surface area (Å²) in [5, 5.41) is 0. The molecular weight excluding hydrogens is 312 g/mol. The predicted molar refractivity (Wildman–Crippen MR) is 61.1 cm³/mol. The van der Waals surface area contributed by atoms with Gasteiger partial charge in [0.2, 0.25) is 3.42 Å². The average molecular weight is 318 g/mol. The number of halogens is 2. The molecule has 0 radical (unpaired) electrons. The molecule has 4 heteroatoms. The van der Waals surface area contributed by atoms with E-state index in [1.54, 1.807) is 6.08 Å². The van der Waals surface area contributed by atoms with Gasteiger partial charge >= 0.3 is 5.97 Å². The Labute approximate surface area is 98.2 Å². The van der Waals surface area contributed by atoms with Gasteiger partial charge in [0.15, 0.2) is 0 Å². The minimum Gasteiger partial charge on any atom is -0.430 e. The fourth-order valence-electron chi connectivity index (χ4n) is 1.25. The number of ether oxygens (including phenoxy) is 1. The van der Waals surface area contributed by atoms with E-state index in [1.165, 1.54) is 0 Å². The lowest BCUT2D eigenvalue weighted by Crippen LogP contribution is -2.09. The zero-order chi connectivity index (χ0) is 10.2. The van der Waals surface area contributed by atoms with E-state index in [0.29, 0.717) is 5.57 Å². The number of esters is 1. The monoisotopic (exact) mass is 316 g/mol. The molecule has 1 aromatic carbocycles. The first-order valence-electron chi connectivity index (χ1n) is 3.98. The normalized spacial score (nSPS) is 19.0. The molecule has 0 saturated heterocycles. The van der Waals surface area contributed by atoms with Crippen LogP contribution in [0.4, 0.5) is 0 Å². The van der Waals surface area contributed by atoms with Crippen molar-refractivity contribution in [3.8, 4) is 0 Å². The maximum Gasteiger partial charge on any atom is 0.340 e. The number of benzene rings is 1. The Hall–Kier alpha value is -0.610. The van der Waals surface area contributed by atoms with Crippen LogP contribution >= 0.6 is 31.9 Å². The van der Waals surface area contributed by atoms with E-state index >= 15 is 0 Å². The standard InChI is InChI=1S/C10H6Br2O2/c11-10(12)6-8(9(13)14-10)7-4-2-1-3-5-7/h1-6H. The molecule has 1 aliphatic rings. The first-order valence-corrected chi connectivity index (χ1v) is 5.56. The van der Waals surface area contributed by atoms with Gasteiger partial charge in [-0.3, -0.25) is 0 Å². The number of hydrogen-bond acceptors (Lipinski definition) is 2. The molecule has 0 spiro atoms. The second-order valence-electron chi connectivity index (χ2n) is 2.88. The van der Waals surface area contributed by atoms with E-state index in [-0.39, 0.29) is 5.97 Å². The number of hydrogen-bond donors (Lipinski definition) is 0. The van der Waals surface area contributed by atoms with Crippen molar-refractivity contribution in [3.05, 3.63) is 42.0 Å². The summed E-state index contributed by atoms with van der Waals surface area (Å²) in [6.45, 7) is 0. The predicted octanol–water partition coefficient (Wildman–Crippen LogP) is 3.07. The van der Waals surface area contributed by atoms with Crippen molar-refractivity contribution in [2.45, 2.75) is 3.42 Å². The SMILES string of the molecule is O=C1OC(Br)(Br)C=C1c1ccccc1. The van der Waals surface area contributed by atoms with Crippen LogP contribution in [0.5, 0.6) is 0 Å². The number of rotatable bonds is 1. The van der Waals surface area contributed by atoms with Crippen LogP contribution in [-0.4, -0.2) is 9.39 Å². The Morgan fingerprint density at radius 1 is 1.14 bits per heavy atom. The van der Waals surface area contributed by atoms with Crippen molar-refractivity contribution in [1.82, 2.24) is 0 Å². The Morgan fingerprint density at radius 2 is 1.79 bits per heavy atom. The van der Waals surface area contributed by atoms with E-state index in [0.717, 1.165) is 5.56 Å². The highest BCUT2D eigenvalue weighted by molar-refractivity contribution is 9.25. The highest BCUT2D eigenvalue weighted by Gasteiger charge is 2.35. The lowest BCUT2D eigenvalue weighted by Gasteiger charge is -2.07. The molecule has 72 valence electrons.